The van der Waals surface area contributed by atoms with Gasteiger partial charge in [0.2, 0.25) is 0 Å². The Morgan fingerprint density at radius 2 is 1.12 bits per heavy atom. The van der Waals surface area contributed by atoms with E-state index in [0.717, 1.165) is 84.1 Å². The van der Waals surface area contributed by atoms with Crippen LogP contribution in [0.4, 0.5) is 21.5 Å². The number of imidazole rings is 1. The first-order valence-electron chi connectivity index (χ1n) is 16.7. The molecule has 1 aliphatic heterocycles. The summed E-state index contributed by atoms with van der Waals surface area (Å²) in [6.07, 6.45) is 0. The van der Waals surface area contributed by atoms with E-state index in [-0.39, 0.29) is 5.82 Å². The van der Waals surface area contributed by atoms with Gasteiger partial charge in [-0.3, -0.25) is 4.57 Å². The van der Waals surface area contributed by atoms with Gasteiger partial charge in [-0.25, -0.2) is 9.37 Å². The van der Waals surface area contributed by atoms with Crippen LogP contribution in [0.25, 0.3) is 39.0 Å². The van der Waals surface area contributed by atoms with Gasteiger partial charge in [0.25, 0.3) is 0 Å². The first kappa shape index (κ1) is 27.8. The van der Waals surface area contributed by atoms with Crippen LogP contribution < -0.4 is 4.90 Å². The highest BCUT2D eigenvalue weighted by Crippen LogP contribution is 2.63. The molecule has 0 unspecified atom stereocenters. The van der Waals surface area contributed by atoms with E-state index in [1.807, 2.05) is 18.2 Å². The molecule has 0 amide bonds. The van der Waals surface area contributed by atoms with E-state index in [2.05, 4.69) is 150 Å². The fourth-order valence-corrected chi connectivity index (χ4v) is 8.45. The molecule has 1 aromatic heterocycles. The summed E-state index contributed by atoms with van der Waals surface area (Å²) in [6.45, 7) is 2.05. The fraction of sp³-hybridized carbons (Fsp3) is 0.0444. The van der Waals surface area contributed by atoms with Crippen molar-refractivity contribution in [3.8, 4) is 27.9 Å². The number of halogens is 1. The summed E-state index contributed by atoms with van der Waals surface area (Å²) in [5.41, 5.74) is 14.5. The van der Waals surface area contributed by atoms with Gasteiger partial charge in [0, 0.05) is 11.4 Å². The predicted octanol–water partition coefficient (Wildman–Crippen LogP) is 11.3. The highest BCUT2D eigenvalue weighted by Gasteiger charge is 2.52. The van der Waals surface area contributed by atoms with Gasteiger partial charge in [-0.2, -0.15) is 0 Å². The molecule has 1 spiro atoms. The van der Waals surface area contributed by atoms with Crippen LogP contribution in [0, 0.1) is 12.7 Å². The minimum absolute atomic E-state index is 0.234. The number of anilines is 3. The third-order valence-electron chi connectivity index (χ3n) is 10.4. The van der Waals surface area contributed by atoms with E-state index in [9.17, 15) is 0 Å². The number of hydrogen-bond donors (Lipinski definition) is 0. The Labute approximate surface area is 284 Å². The Kier molecular flexibility index (Phi) is 5.89. The van der Waals surface area contributed by atoms with Crippen LogP contribution in [0.15, 0.2) is 164 Å². The molecule has 0 N–H and O–H groups in total. The van der Waals surface area contributed by atoms with Gasteiger partial charge in [0.05, 0.1) is 27.8 Å². The summed E-state index contributed by atoms with van der Waals surface area (Å²) in [7, 11) is 0. The number of aromatic nitrogens is 2. The molecular formula is C45H30FN3. The molecule has 2 heterocycles. The molecule has 0 atom stereocenters. The molecule has 0 bridgehead atoms. The Balaban J connectivity index is 1.24. The highest BCUT2D eigenvalue weighted by molar-refractivity contribution is 5.96. The second kappa shape index (κ2) is 10.4. The molecule has 0 radical (unpaired) electrons. The van der Waals surface area contributed by atoms with Crippen molar-refractivity contribution in [2.24, 2.45) is 0 Å². The van der Waals surface area contributed by atoms with Crippen LogP contribution in [-0.4, -0.2) is 9.55 Å². The zero-order valence-corrected chi connectivity index (χ0v) is 26.8. The number of hydrogen-bond acceptors (Lipinski definition) is 2. The molecule has 1 aliphatic carbocycles. The van der Waals surface area contributed by atoms with Crippen molar-refractivity contribution < 1.29 is 4.39 Å². The van der Waals surface area contributed by atoms with Crippen molar-refractivity contribution in [2.75, 3.05) is 4.90 Å². The minimum Gasteiger partial charge on any atom is -0.310 e. The topological polar surface area (TPSA) is 21.1 Å². The number of aryl methyl sites for hydroxylation is 1. The molecule has 0 fully saturated rings. The van der Waals surface area contributed by atoms with Crippen molar-refractivity contribution in [3.63, 3.8) is 0 Å². The van der Waals surface area contributed by atoms with Gasteiger partial charge in [-0.05, 0) is 118 Å². The molecule has 3 nitrogen and oxygen atoms in total. The van der Waals surface area contributed by atoms with Gasteiger partial charge in [0.15, 0.2) is 0 Å². The normalized spacial score (nSPS) is 13.6. The third-order valence-corrected chi connectivity index (χ3v) is 10.4. The maximum absolute atomic E-state index is 15.5. The summed E-state index contributed by atoms with van der Waals surface area (Å²) < 4.78 is 17.7. The number of fused-ring (bicyclic) bond motifs is 10. The lowest BCUT2D eigenvalue weighted by molar-refractivity contribution is 0.621. The van der Waals surface area contributed by atoms with E-state index >= 15 is 4.39 Å². The molecule has 10 rings (SSSR count). The second-order valence-corrected chi connectivity index (χ2v) is 12.9. The first-order chi connectivity index (χ1) is 24.1. The Bertz CT molecular complexity index is 2550. The zero-order valence-electron chi connectivity index (χ0n) is 26.8. The second-order valence-electron chi connectivity index (χ2n) is 12.9. The first-order valence-corrected chi connectivity index (χ1v) is 16.7. The van der Waals surface area contributed by atoms with Gasteiger partial charge >= 0.3 is 0 Å². The summed E-state index contributed by atoms with van der Waals surface area (Å²) in [5.74, 6) is 0.712. The summed E-state index contributed by atoms with van der Waals surface area (Å²) in [6, 6.07) is 56.8. The smallest absolute Gasteiger partial charge is 0.123 e. The van der Waals surface area contributed by atoms with Gasteiger partial charge in [-0.1, -0.05) is 97.1 Å². The number of benzene rings is 7. The maximum atomic E-state index is 15.5. The molecule has 0 saturated carbocycles. The van der Waals surface area contributed by atoms with Crippen LogP contribution in [0.2, 0.25) is 0 Å². The Hall–Kier alpha value is -6.26. The molecule has 7 aromatic carbocycles. The summed E-state index contributed by atoms with van der Waals surface area (Å²) >= 11 is 0. The van der Waals surface area contributed by atoms with Crippen molar-refractivity contribution in [1.29, 1.82) is 0 Å². The van der Waals surface area contributed by atoms with Crippen LogP contribution in [0.5, 0.6) is 0 Å². The minimum atomic E-state index is -0.726. The fourth-order valence-electron chi connectivity index (χ4n) is 8.45. The van der Waals surface area contributed by atoms with E-state index in [1.165, 1.54) is 0 Å². The van der Waals surface area contributed by atoms with Crippen LogP contribution in [-0.2, 0) is 5.41 Å². The number of para-hydroxylation sites is 5. The van der Waals surface area contributed by atoms with E-state index in [0.29, 0.717) is 0 Å². The van der Waals surface area contributed by atoms with Crippen LogP contribution >= 0.6 is 0 Å². The van der Waals surface area contributed by atoms with E-state index < -0.39 is 5.41 Å². The molecule has 232 valence electrons. The average Bonchev–Trinajstić information content (AvgIpc) is 3.63. The number of rotatable bonds is 3. The Morgan fingerprint density at radius 1 is 0.510 bits per heavy atom. The number of nitrogens with zero attached hydrogens (tertiary/aromatic N) is 3. The average molecular weight is 632 g/mol. The SMILES string of the molecule is Cc1nc2ccccc2n1-c1cccc(-c2ccc3c(c2)C2(c4cc(F)ccc4-3)c3ccccc3N(c3ccccc3)c3ccccc32)c1. The molecule has 2 aliphatic rings. The van der Waals surface area contributed by atoms with Crippen molar-refractivity contribution in [2.45, 2.75) is 12.3 Å². The molecule has 4 heteroatoms. The maximum Gasteiger partial charge on any atom is 0.123 e. The van der Waals surface area contributed by atoms with Crippen LogP contribution in [0.1, 0.15) is 28.1 Å². The van der Waals surface area contributed by atoms with Crippen molar-refractivity contribution in [3.05, 3.63) is 198 Å². The molecular weight excluding hydrogens is 602 g/mol. The quantitative estimate of drug-likeness (QED) is 0.193. The van der Waals surface area contributed by atoms with Gasteiger partial charge in [-0.15, -0.1) is 0 Å². The molecule has 0 saturated heterocycles. The largest absolute Gasteiger partial charge is 0.310 e. The van der Waals surface area contributed by atoms with Gasteiger partial charge in [0.1, 0.15) is 11.6 Å². The zero-order chi connectivity index (χ0) is 32.7. The standard InChI is InChI=1S/C45H30FN3/c1-29-47-41-18-7-10-21-44(41)48(29)34-15-11-12-30(26-34)31-22-24-35-36-25-23-32(46)28-40(36)45(39(35)27-31)37-16-5-8-19-42(37)49(33-13-3-2-4-14-33)43-20-9-6-17-38(43)45/h2-28H,1H3. The Morgan fingerprint density at radius 3 is 1.90 bits per heavy atom. The molecule has 49 heavy (non-hydrogen) atoms. The predicted molar refractivity (Wildman–Crippen MR) is 197 cm³/mol. The lowest BCUT2D eigenvalue weighted by Gasteiger charge is -2.45. The van der Waals surface area contributed by atoms with Crippen molar-refractivity contribution >= 4 is 28.1 Å². The lowest BCUT2D eigenvalue weighted by atomic mass is 9.64. The van der Waals surface area contributed by atoms with E-state index in [4.69, 9.17) is 4.98 Å². The summed E-state index contributed by atoms with van der Waals surface area (Å²) in [5, 5.41) is 0. The van der Waals surface area contributed by atoms with E-state index in [1.54, 1.807) is 12.1 Å². The third kappa shape index (κ3) is 3.86. The van der Waals surface area contributed by atoms with Gasteiger partial charge < -0.3 is 4.90 Å². The van der Waals surface area contributed by atoms with Crippen LogP contribution in [0.3, 0.4) is 0 Å². The molecule has 8 aromatic rings. The van der Waals surface area contributed by atoms with Crippen molar-refractivity contribution in [1.82, 2.24) is 9.55 Å². The highest BCUT2D eigenvalue weighted by atomic mass is 19.1. The lowest BCUT2D eigenvalue weighted by Crippen LogP contribution is -2.36. The monoisotopic (exact) mass is 631 g/mol. The summed E-state index contributed by atoms with van der Waals surface area (Å²) in [4.78, 5) is 7.17.